The molecule has 0 aliphatic heterocycles. The summed E-state index contributed by atoms with van der Waals surface area (Å²) < 4.78 is 49.5. The minimum Gasteiger partial charge on any atom is -0.497 e. The van der Waals surface area contributed by atoms with Crippen molar-refractivity contribution in [2.45, 2.75) is 39.0 Å². The van der Waals surface area contributed by atoms with Crippen molar-refractivity contribution >= 4 is 11.3 Å². The molecule has 0 radical (unpaired) electrons. The number of halogens is 3. The fourth-order valence-electron chi connectivity index (χ4n) is 2.80. The van der Waals surface area contributed by atoms with E-state index in [2.05, 4.69) is 11.9 Å². The molecule has 3 aromatic rings. The summed E-state index contributed by atoms with van der Waals surface area (Å²) in [4.78, 5) is 5.67. The van der Waals surface area contributed by atoms with Crippen LogP contribution in [-0.2, 0) is 19.2 Å². The third-order valence-electron chi connectivity index (χ3n) is 4.42. The summed E-state index contributed by atoms with van der Waals surface area (Å²) >= 11 is 1.46. The van der Waals surface area contributed by atoms with Crippen LogP contribution in [0, 0.1) is 0 Å². The van der Waals surface area contributed by atoms with Gasteiger partial charge in [-0.3, -0.25) is 0 Å². The Hall–Kier alpha value is -2.54. The van der Waals surface area contributed by atoms with Crippen molar-refractivity contribution in [1.29, 1.82) is 0 Å². The molecule has 0 aliphatic carbocycles. The first-order valence-electron chi connectivity index (χ1n) is 9.33. The second-order valence-corrected chi connectivity index (χ2v) is 7.62. The van der Waals surface area contributed by atoms with Gasteiger partial charge in [0.15, 0.2) is 0 Å². The molecule has 3 rings (SSSR count). The van der Waals surface area contributed by atoms with Gasteiger partial charge in [-0.15, -0.1) is 11.3 Å². The summed E-state index contributed by atoms with van der Waals surface area (Å²) in [6, 6.07) is 12.5. The summed E-state index contributed by atoms with van der Waals surface area (Å²) in [5, 5.41) is 0.703. The Bertz CT molecular complexity index is 936. The normalized spacial score (nSPS) is 11.5. The predicted molar refractivity (Wildman–Crippen MR) is 108 cm³/mol. The molecule has 1 aromatic heterocycles. The third-order valence-corrected chi connectivity index (χ3v) is 5.54. The highest BCUT2D eigenvalue weighted by Crippen LogP contribution is 2.34. The summed E-state index contributed by atoms with van der Waals surface area (Å²) in [5.74, 6) is 1.40. The van der Waals surface area contributed by atoms with Gasteiger partial charge in [0.2, 0.25) is 0 Å². The average Bonchev–Trinajstić information content (AvgIpc) is 3.13. The Kier molecular flexibility index (Phi) is 6.79. The van der Waals surface area contributed by atoms with E-state index in [1.165, 1.54) is 23.5 Å². The molecular formula is C22H22F3NO2S. The van der Waals surface area contributed by atoms with E-state index in [1.807, 2.05) is 24.3 Å². The molecule has 1 heterocycles. The van der Waals surface area contributed by atoms with Crippen molar-refractivity contribution in [3.05, 3.63) is 64.7 Å². The first-order chi connectivity index (χ1) is 13.9. The van der Waals surface area contributed by atoms with Crippen LogP contribution in [-0.4, -0.2) is 12.1 Å². The second-order valence-electron chi connectivity index (χ2n) is 6.54. The van der Waals surface area contributed by atoms with Crippen LogP contribution in [0.2, 0.25) is 0 Å². The van der Waals surface area contributed by atoms with Crippen LogP contribution in [0.4, 0.5) is 13.2 Å². The minimum atomic E-state index is -4.34. The van der Waals surface area contributed by atoms with Crippen LogP contribution in [0.25, 0.3) is 10.6 Å². The van der Waals surface area contributed by atoms with E-state index in [0.717, 1.165) is 42.0 Å². The smallest absolute Gasteiger partial charge is 0.416 e. The first-order valence-corrected chi connectivity index (χ1v) is 10.2. The molecular weight excluding hydrogens is 399 g/mol. The molecule has 0 aliphatic rings. The lowest BCUT2D eigenvalue weighted by molar-refractivity contribution is -0.137. The van der Waals surface area contributed by atoms with Crippen LogP contribution >= 0.6 is 11.3 Å². The number of nitrogens with zero attached hydrogens (tertiary/aromatic N) is 1. The number of unbranched alkanes of at least 4 members (excludes halogenated alkanes) is 1. The number of aryl methyl sites for hydroxylation is 1. The van der Waals surface area contributed by atoms with Crippen molar-refractivity contribution in [3.8, 4) is 22.1 Å². The van der Waals surface area contributed by atoms with Gasteiger partial charge in [0.25, 0.3) is 0 Å². The van der Waals surface area contributed by atoms with Crippen molar-refractivity contribution in [2.75, 3.05) is 7.11 Å². The van der Waals surface area contributed by atoms with Gasteiger partial charge in [0.1, 0.15) is 23.1 Å². The Labute approximate surface area is 172 Å². The topological polar surface area (TPSA) is 31.4 Å². The van der Waals surface area contributed by atoms with E-state index in [0.29, 0.717) is 28.7 Å². The summed E-state index contributed by atoms with van der Waals surface area (Å²) in [6.45, 7) is 2.46. The lowest BCUT2D eigenvalue weighted by Crippen LogP contribution is -2.03. The van der Waals surface area contributed by atoms with Gasteiger partial charge >= 0.3 is 6.18 Å². The molecule has 0 atom stereocenters. The number of benzene rings is 2. The summed E-state index contributed by atoms with van der Waals surface area (Å²) in [5.41, 5.74) is 0.952. The summed E-state index contributed by atoms with van der Waals surface area (Å²) in [6.07, 6.45) is -1.51. The second kappa shape index (κ2) is 9.31. The van der Waals surface area contributed by atoms with Gasteiger partial charge in [-0.25, -0.2) is 4.98 Å². The quantitative estimate of drug-likeness (QED) is 0.403. The number of thiazole rings is 1. The Morgan fingerprint density at radius 2 is 1.76 bits per heavy atom. The maximum atomic E-state index is 12.8. The van der Waals surface area contributed by atoms with Gasteiger partial charge in [0.05, 0.1) is 23.2 Å². The maximum absolute atomic E-state index is 12.8. The van der Waals surface area contributed by atoms with E-state index in [1.54, 1.807) is 7.11 Å². The zero-order valence-corrected chi connectivity index (χ0v) is 17.1. The van der Waals surface area contributed by atoms with Crippen LogP contribution in [0.3, 0.4) is 0 Å². The van der Waals surface area contributed by atoms with E-state index in [-0.39, 0.29) is 0 Å². The molecule has 0 amide bonds. The number of rotatable bonds is 8. The fraction of sp³-hybridized carbons (Fsp3) is 0.318. The Balaban J connectivity index is 1.81. The Morgan fingerprint density at radius 1 is 1.03 bits per heavy atom. The van der Waals surface area contributed by atoms with Crippen molar-refractivity contribution in [2.24, 2.45) is 0 Å². The van der Waals surface area contributed by atoms with E-state index < -0.39 is 11.7 Å². The van der Waals surface area contributed by atoms with Crippen LogP contribution in [0.5, 0.6) is 11.5 Å². The largest absolute Gasteiger partial charge is 0.497 e. The highest BCUT2D eigenvalue weighted by atomic mass is 32.1. The van der Waals surface area contributed by atoms with Gasteiger partial charge in [-0.05, 0) is 37.1 Å². The molecule has 0 spiro atoms. The number of hydrogen-bond acceptors (Lipinski definition) is 4. The standard InChI is InChI=1S/C22H22F3NO2S/c1-3-4-8-19-20(14-28-18-7-5-6-17(13-18)27-2)29-21(26-19)15-9-11-16(12-10-15)22(23,24)25/h5-7,9-13H,3-4,8,14H2,1-2H3. The lowest BCUT2D eigenvalue weighted by Gasteiger charge is -2.07. The number of methoxy groups -OCH3 is 1. The number of hydrogen-bond donors (Lipinski definition) is 0. The zero-order valence-electron chi connectivity index (χ0n) is 16.3. The molecule has 0 bridgehead atoms. The van der Waals surface area contributed by atoms with Gasteiger partial charge < -0.3 is 9.47 Å². The molecule has 0 N–H and O–H groups in total. The van der Waals surface area contributed by atoms with Crippen molar-refractivity contribution in [1.82, 2.24) is 4.98 Å². The van der Waals surface area contributed by atoms with Crippen LogP contribution < -0.4 is 9.47 Å². The monoisotopic (exact) mass is 421 g/mol. The maximum Gasteiger partial charge on any atom is 0.416 e. The molecule has 0 unspecified atom stereocenters. The highest BCUT2D eigenvalue weighted by Gasteiger charge is 2.30. The number of alkyl halides is 3. The summed E-state index contributed by atoms with van der Waals surface area (Å²) in [7, 11) is 1.60. The van der Waals surface area contributed by atoms with Gasteiger partial charge in [0, 0.05) is 11.6 Å². The molecule has 7 heteroatoms. The van der Waals surface area contributed by atoms with Crippen molar-refractivity contribution in [3.63, 3.8) is 0 Å². The first kappa shape index (κ1) is 21.2. The SMILES string of the molecule is CCCCc1nc(-c2ccc(C(F)(F)F)cc2)sc1COc1cccc(OC)c1. The molecule has 0 fully saturated rings. The van der Waals surface area contributed by atoms with Crippen LogP contribution in [0.15, 0.2) is 48.5 Å². The van der Waals surface area contributed by atoms with E-state index >= 15 is 0 Å². The Morgan fingerprint density at radius 3 is 2.41 bits per heavy atom. The molecule has 154 valence electrons. The molecule has 2 aromatic carbocycles. The minimum absolute atomic E-state index is 0.352. The van der Waals surface area contributed by atoms with E-state index in [4.69, 9.17) is 9.47 Å². The van der Waals surface area contributed by atoms with Gasteiger partial charge in [-0.2, -0.15) is 13.2 Å². The third kappa shape index (κ3) is 5.50. The molecule has 0 saturated carbocycles. The number of ether oxygens (including phenoxy) is 2. The van der Waals surface area contributed by atoms with Crippen molar-refractivity contribution < 1.29 is 22.6 Å². The van der Waals surface area contributed by atoms with Gasteiger partial charge in [-0.1, -0.05) is 31.5 Å². The number of aromatic nitrogens is 1. The van der Waals surface area contributed by atoms with Crippen LogP contribution in [0.1, 0.15) is 35.9 Å². The molecule has 3 nitrogen and oxygen atoms in total. The highest BCUT2D eigenvalue weighted by molar-refractivity contribution is 7.15. The predicted octanol–water partition coefficient (Wildman–Crippen LogP) is 6.76. The average molecular weight is 421 g/mol. The lowest BCUT2D eigenvalue weighted by atomic mass is 10.1. The van der Waals surface area contributed by atoms with E-state index in [9.17, 15) is 13.2 Å². The zero-order chi connectivity index (χ0) is 20.9. The molecule has 0 saturated heterocycles. The molecule has 29 heavy (non-hydrogen) atoms. The fourth-order valence-corrected chi connectivity index (χ4v) is 3.83.